The van der Waals surface area contributed by atoms with Crippen LogP contribution in [0, 0.1) is 0 Å². The minimum Gasteiger partial charge on any atom is -0.379 e. The van der Waals surface area contributed by atoms with Gasteiger partial charge in [-0.1, -0.05) is 30.3 Å². The summed E-state index contributed by atoms with van der Waals surface area (Å²) in [5, 5.41) is 3.26. The fourth-order valence-electron chi connectivity index (χ4n) is 3.73. The summed E-state index contributed by atoms with van der Waals surface area (Å²) < 4.78 is 5.37. The highest BCUT2D eigenvalue weighted by molar-refractivity contribution is 14.0. The molecule has 3 rings (SSSR count). The predicted molar refractivity (Wildman–Crippen MR) is 122 cm³/mol. The summed E-state index contributed by atoms with van der Waals surface area (Å²) in [7, 11) is 0. The van der Waals surface area contributed by atoms with Crippen molar-refractivity contribution in [1.29, 1.82) is 0 Å². The number of aliphatic imine (C=N–C) groups is 1. The van der Waals surface area contributed by atoms with E-state index >= 15 is 0 Å². The quantitative estimate of drug-likeness (QED) is 0.254. The van der Waals surface area contributed by atoms with Crippen LogP contribution in [0.4, 0.5) is 0 Å². The highest BCUT2D eigenvalue weighted by Crippen LogP contribution is 2.20. The molecule has 7 heteroatoms. The Labute approximate surface area is 180 Å². The van der Waals surface area contributed by atoms with Gasteiger partial charge in [0.05, 0.1) is 19.8 Å². The van der Waals surface area contributed by atoms with Gasteiger partial charge in [-0.25, -0.2) is 0 Å². The van der Waals surface area contributed by atoms with Crippen LogP contribution in [0.15, 0.2) is 35.3 Å². The van der Waals surface area contributed by atoms with Gasteiger partial charge in [0.1, 0.15) is 0 Å². The maximum atomic E-state index is 6.06. The Morgan fingerprint density at radius 2 is 1.96 bits per heavy atom. The summed E-state index contributed by atoms with van der Waals surface area (Å²) >= 11 is 0. The fourth-order valence-corrected chi connectivity index (χ4v) is 3.73. The number of halogens is 1. The van der Waals surface area contributed by atoms with Gasteiger partial charge in [-0.2, -0.15) is 0 Å². The SMILES string of the molecule is I.NC(=NCC1CCCN1Cc1ccccc1)NCCCN1CCOCC1. The van der Waals surface area contributed by atoms with E-state index in [1.165, 1.54) is 18.4 Å². The van der Waals surface area contributed by atoms with Crippen LogP contribution in [0.25, 0.3) is 0 Å². The van der Waals surface area contributed by atoms with Crippen LogP contribution in [0.1, 0.15) is 24.8 Å². The largest absolute Gasteiger partial charge is 0.379 e. The van der Waals surface area contributed by atoms with Crippen LogP contribution in [-0.4, -0.2) is 74.3 Å². The highest BCUT2D eigenvalue weighted by Gasteiger charge is 2.24. The number of benzene rings is 1. The molecule has 1 aromatic carbocycles. The Bertz CT molecular complexity index is 551. The molecule has 2 aliphatic heterocycles. The summed E-state index contributed by atoms with van der Waals surface area (Å²) in [6.45, 7) is 8.73. The average molecular weight is 487 g/mol. The lowest BCUT2D eigenvalue weighted by molar-refractivity contribution is 0.0376. The number of nitrogens with two attached hydrogens (primary N) is 1. The molecule has 1 unspecified atom stereocenters. The van der Waals surface area contributed by atoms with Crippen molar-refractivity contribution in [3.8, 4) is 0 Å². The summed E-state index contributed by atoms with van der Waals surface area (Å²) in [6.07, 6.45) is 3.54. The molecule has 2 saturated heterocycles. The number of likely N-dealkylation sites (tertiary alicyclic amines) is 1. The predicted octanol–water partition coefficient (Wildman–Crippen LogP) is 1.90. The Morgan fingerprint density at radius 1 is 1.19 bits per heavy atom. The minimum absolute atomic E-state index is 0. The van der Waals surface area contributed by atoms with E-state index in [0.717, 1.165) is 65.4 Å². The zero-order valence-corrected chi connectivity index (χ0v) is 18.5. The van der Waals surface area contributed by atoms with E-state index in [9.17, 15) is 0 Å². The number of hydrogen-bond donors (Lipinski definition) is 2. The minimum atomic E-state index is 0. The molecule has 0 bridgehead atoms. The van der Waals surface area contributed by atoms with Gasteiger partial charge in [-0.15, -0.1) is 24.0 Å². The lowest BCUT2D eigenvalue weighted by atomic mass is 10.2. The molecule has 0 spiro atoms. The molecule has 0 amide bonds. The summed E-state index contributed by atoms with van der Waals surface area (Å²) in [5.74, 6) is 0.582. The molecule has 152 valence electrons. The molecule has 0 radical (unpaired) electrons. The van der Waals surface area contributed by atoms with Crippen LogP contribution in [0.2, 0.25) is 0 Å². The third-order valence-corrected chi connectivity index (χ3v) is 5.26. The Balaban J connectivity index is 0.00000261. The van der Waals surface area contributed by atoms with Gasteiger partial charge in [-0.3, -0.25) is 14.8 Å². The van der Waals surface area contributed by atoms with Crippen LogP contribution < -0.4 is 11.1 Å². The van der Waals surface area contributed by atoms with Crippen molar-refractivity contribution in [3.63, 3.8) is 0 Å². The van der Waals surface area contributed by atoms with Crippen LogP contribution >= 0.6 is 24.0 Å². The highest BCUT2D eigenvalue weighted by atomic mass is 127. The fraction of sp³-hybridized carbons (Fsp3) is 0.650. The van der Waals surface area contributed by atoms with Gasteiger partial charge in [0.25, 0.3) is 0 Å². The molecule has 1 atom stereocenters. The lowest BCUT2D eigenvalue weighted by Crippen LogP contribution is -2.39. The number of morpholine rings is 1. The molecule has 0 aromatic heterocycles. The second-order valence-corrected chi connectivity index (χ2v) is 7.21. The Hall–Kier alpha value is -0.900. The smallest absolute Gasteiger partial charge is 0.188 e. The van der Waals surface area contributed by atoms with Gasteiger partial charge in [-0.05, 0) is 37.9 Å². The van der Waals surface area contributed by atoms with Crippen LogP contribution in [0.5, 0.6) is 0 Å². The second kappa shape index (κ2) is 12.5. The standard InChI is InChI=1S/C20H33N5O.HI/c21-20(22-9-5-10-24-12-14-26-15-13-24)23-16-19-8-4-11-25(19)17-18-6-2-1-3-7-18;/h1-3,6-7,19H,4-5,8-17H2,(H3,21,22,23);1H. The van der Waals surface area contributed by atoms with E-state index in [1.807, 2.05) is 0 Å². The first-order chi connectivity index (χ1) is 12.8. The Morgan fingerprint density at radius 3 is 2.74 bits per heavy atom. The third kappa shape index (κ3) is 7.93. The van der Waals surface area contributed by atoms with Crippen molar-refractivity contribution in [2.45, 2.75) is 31.8 Å². The third-order valence-electron chi connectivity index (χ3n) is 5.26. The topological polar surface area (TPSA) is 66.1 Å². The van der Waals surface area contributed by atoms with E-state index < -0.39 is 0 Å². The normalized spacial score (nSPS) is 21.8. The molecular formula is C20H34IN5O. The van der Waals surface area contributed by atoms with Crippen molar-refractivity contribution >= 4 is 29.9 Å². The van der Waals surface area contributed by atoms with Crippen molar-refractivity contribution in [2.24, 2.45) is 10.7 Å². The van der Waals surface area contributed by atoms with Gasteiger partial charge in [0.15, 0.2) is 5.96 Å². The maximum absolute atomic E-state index is 6.06. The van der Waals surface area contributed by atoms with E-state index in [0.29, 0.717) is 12.0 Å². The number of ether oxygens (including phenoxy) is 1. The first kappa shape index (κ1) is 22.4. The molecule has 2 aliphatic rings. The number of nitrogens with one attached hydrogen (secondary N) is 1. The molecular weight excluding hydrogens is 453 g/mol. The van der Waals surface area contributed by atoms with E-state index in [-0.39, 0.29) is 24.0 Å². The molecule has 6 nitrogen and oxygen atoms in total. The first-order valence-corrected chi connectivity index (χ1v) is 9.93. The molecule has 27 heavy (non-hydrogen) atoms. The summed E-state index contributed by atoms with van der Waals surface area (Å²) in [5.41, 5.74) is 7.43. The molecule has 0 saturated carbocycles. The first-order valence-electron chi connectivity index (χ1n) is 9.93. The van der Waals surface area contributed by atoms with Gasteiger partial charge < -0.3 is 15.8 Å². The molecule has 1 aromatic rings. The molecule has 2 heterocycles. The Kier molecular flexibility index (Phi) is 10.4. The van der Waals surface area contributed by atoms with E-state index in [2.05, 4.69) is 50.4 Å². The van der Waals surface area contributed by atoms with E-state index in [4.69, 9.17) is 10.5 Å². The van der Waals surface area contributed by atoms with Crippen LogP contribution in [-0.2, 0) is 11.3 Å². The zero-order valence-electron chi connectivity index (χ0n) is 16.2. The average Bonchev–Trinajstić information content (AvgIpc) is 3.12. The summed E-state index contributed by atoms with van der Waals surface area (Å²) in [4.78, 5) is 9.57. The van der Waals surface area contributed by atoms with Crippen molar-refractivity contribution in [2.75, 3.05) is 52.5 Å². The van der Waals surface area contributed by atoms with Crippen molar-refractivity contribution < 1.29 is 4.74 Å². The van der Waals surface area contributed by atoms with Gasteiger partial charge >= 0.3 is 0 Å². The lowest BCUT2D eigenvalue weighted by Gasteiger charge is -2.26. The van der Waals surface area contributed by atoms with Crippen LogP contribution in [0.3, 0.4) is 0 Å². The van der Waals surface area contributed by atoms with Gasteiger partial charge in [0.2, 0.25) is 0 Å². The molecule has 2 fully saturated rings. The van der Waals surface area contributed by atoms with Gasteiger partial charge in [0, 0.05) is 32.2 Å². The van der Waals surface area contributed by atoms with E-state index in [1.54, 1.807) is 0 Å². The summed E-state index contributed by atoms with van der Waals surface area (Å²) in [6, 6.07) is 11.2. The number of guanidine groups is 1. The monoisotopic (exact) mass is 487 g/mol. The number of hydrogen-bond acceptors (Lipinski definition) is 4. The number of nitrogens with zero attached hydrogens (tertiary/aromatic N) is 3. The maximum Gasteiger partial charge on any atom is 0.188 e. The molecule has 3 N–H and O–H groups in total. The second-order valence-electron chi connectivity index (χ2n) is 7.21. The number of rotatable bonds is 8. The molecule has 0 aliphatic carbocycles. The van der Waals surface area contributed by atoms with Crippen molar-refractivity contribution in [1.82, 2.24) is 15.1 Å². The van der Waals surface area contributed by atoms with Crippen molar-refractivity contribution in [3.05, 3.63) is 35.9 Å². The zero-order chi connectivity index (χ0) is 18.0.